The van der Waals surface area contributed by atoms with Crippen molar-refractivity contribution in [3.05, 3.63) is 33.8 Å². The van der Waals surface area contributed by atoms with Crippen LogP contribution in [0.3, 0.4) is 0 Å². The fourth-order valence-electron chi connectivity index (χ4n) is 2.08. The summed E-state index contributed by atoms with van der Waals surface area (Å²) < 4.78 is 38.0. The number of nitrogens with zero attached hydrogens (tertiary/aromatic N) is 1. The lowest BCUT2D eigenvalue weighted by Crippen LogP contribution is -2.34. The minimum Gasteiger partial charge on any atom is -0.338 e. The van der Waals surface area contributed by atoms with E-state index in [2.05, 4.69) is 0 Å². The van der Waals surface area contributed by atoms with Gasteiger partial charge in [-0.1, -0.05) is 11.6 Å². The molecule has 1 aromatic rings. The number of carbonyl (C=O) groups excluding carboxylic acids is 1. The summed E-state index contributed by atoms with van der Waals surface area (Å²) in [7, 11) is 0. The van der Waals surface area contributed by atoms with E-state index in [1.165, 1.54) is 11.8 Å². The average molecular weight is 278 g/mol. The predicted molar refractivity (Wildman–Crippen MR) is 61.2 cm³/mol. The van der Waals surface area contributed by atoms with E-state index in [0.717, 1.165) is 12.1 Å². The Morgan fingerprint density at radius 1 is 1.39 bits per heavy atom. The molecule has 1 aliphatic rings. The van der Waals surface area contributed by atoms with E-state index in [4.69, 9.17) is 11.6 Å². The number of halogens is 4. The van der Waals surface area contributed by atoms with E-state index in [-0.39, 0.29) is 17.5 Å². The van der Waals surface area contributed by atoms with Crippen LogP contribution in [0.1, 0.15) is 23.6 Å². The first-order valence-electron chi connectivity index (χ1n) is 5.43. The zero-order valence-corrected chi connectivity index (χ0v) is 10.4. The quantitative estimate of drug-likeness (QED) is 0.713. The van der Waals surface area contributed by atoms with Crippen molar-refractivity contribution in [3.8, 4) is 0 Å². The molecule has 2 nitrogen and oxygen atoms in total. The summed E-state index contributed by atoms with van der Waals surface area (Å²) in [5, 5.41) is 0.128. The SMILES string of the molecule is CC(=O)N1CCc2c(Cl)cc(C(F)(F)F)cc2C1. The topological polar surface area (TPSA) is 20.3 Å². The molecule has 0 bridgehead atoms. The van der Waals surface area contributed by atoms with Gasteiger partial charge in [0.1, 0.15) is 0 Å². The van der Waals surface area contributed by atoms with E-state index in [1.807, 2.05) is 0 Å². The van der Waals surface area contributed by atoms with Gasteiger partial charge in [-0.05, 0) is 29.7 Å². The Morgan fingerprint density at radius 3 is 2.61 bits per heavy atom. The van der Waals surface area contributed by atoms with Crippen molar-refractivity contribution in [1.82, 2.24) is 4.90 Å². The van der Waals surface area contributed by atoms with Crippen LogP contribution in [-0.4, -0.2) is 17.4 Å². The average Bonchev–Trinajstić information content (AvgIpc) is 2.26. The highest BCUT2D eigenvalue weighted by atomic mass is 35.5. The molecule has 0 aliphatic carbocycles. The maximum Gasteiger partial charge on any atom is 0.416 e. The van der Waals surface area contributed by atoms with Crippen LogP contribution in [0.5, 0.6) is 0 Å². The van der Waals surface area contributed by atoms with Crippen molar-refractivity contribution in [3.63, 3.8) is 0 Å². The molecule has 0 spiro atoms. The second-order valence-electron chi connectivity index (χ2n) is 4.28. The summed E-state index contributed by atoms with van der Waals surface area (Å²) >= 11 is 5.88. The first-order chi connectivity index (χ1) is 8.29. The maximum absolute atomic E-state index is 12.7. The van der Waals surface area contributed by atoms with Crippen molar-refractivity contribution >= 4 is 17.5 Å². The molecule has 0 atom stereocenters. The molecule has 18 heavy (non-hydrogen) atoms. The van der Waals surface area contributed by atoms with E-state index in [0.29, 0.717) is 24.1 Å². The highest BCUT2D eigenvalue weighted by Gasteiger charge is 2.33. The van der Waals surface area contributed by atoms with E-state index in [1.54, 1.807) is 0 Å². The van der Waals surface area contributed by atoms with E-state index < -0.39 is 11.7 Å². The number of carbonyl (C=O) groups is 1. The Hall–Kier alpha value is -1.23. The van der Waals surface area contributed by atoms with Gasteiger partial charge in [0.05, 0.1) is 5.56 Å². The fraction of sp³-hybridized carbons (Fsp3) is 0.417. The van der Waals surface area contributed by atoms with Gasteiger partial charge in [0, 0.05) is 25.0 Å². The molecule has 0 aromatic heterocycles. The van der Waals surface area contributed by atoms with Crippen LogP contribution in [0.15, 0.2) is 12.1 Å². The molecule has 0 radical (unpaired) electrons. The van der Waals surface area contributed by atoms with Gasteiger partial charge in [0.2, 0.25) is 5.91 Å². The molecule has 0 unspecified atom stereocenters. The molecular formula is C12H11ClF3NO. The van der Waals surface area contributed by atoms with Gasteiger partial charge in [-0.15, -0.1) is 0 Å². The van der Waals surface area contributed by atoms with E-state index >= 15 is 0 Å². The van der Waals surface area contributed by atoms with Crippen molar-refractivity contribution in [2.75, 3.05) is 6.54 Å². The van der Waals surface area contributed by atoms with Crippen LogP contribution in [-0.2, 0) is 23.9 Å². The summed E-state index contributed by atoms with van der Waals surface area (Å²) in [5.74, 6) is -0.144. The van der Waals surface area contributed by atoms with Crippen molar-refractivity contribution in [2.24, 2.45) is 0 Å². The molecule has 1 amide bonds. The first kappa shape index (κ1) is 13.2. The number of alkyl halides is 3. The third kappa shape index (κ3) is 2.46. The maximum atomic E-state index is 12.7. The summed E-state index contributed by atoms with van der Waals surface area (Å²) in [4.78, 5) is 12.8. The summed E-state index contributed by atoms with van der Waals surface area (Å²) in [6.07, 6.45) is -3.93. The van der Waals surface area contributed by atoms with Gasteiger partial charge in [-0.3, -0.25) is 4.79 Å². The minimum absolute atomic E-state index is 0.128. The van der Waals surface area contributed by atoms with E-state index in [9.17, 15) is 18.0 Å². The normalized spacial score (nSPS) is 15.5. The molecule has 6 heteroatoms. The van der Waals surface area contributed by atoms with Crippen LogP contribution in [0.4, 0.5) is 13.2 Å². The van der Waals surface area contributed by atoms with Crippen LogP contribution < -0.4 is 0 Å². The lowest BCUT2D eigenvalue weighted by atomic mass is 9.97. The molecule has 2 rings (SSSR count). The Bertz CT molecular complexity index is 499. The van der Waals surface area contributed by atoms with Gasteiger partial charge in [0.25, 0.3) is 0 Å². The highest BCUT2D eigenvalue weighted by molar-refractivity contribution is 6.31. The van der Waals surface area contributed by atoms with Gasteiger partial charge < -0.3 is 4.90 Å². The molecule has 1 aliphatic heterocycles. The molecule has 1 aromatic carbocycles. The molecule has 0 saturated carbocycles. The highest BCUT2D eigenvalue weighted by Crippen LogP contribution is 2.35. The zero-order valence-electron chi connectivity index (χ0n) is 9.64. The van der Waals surface area contributed by atoms with Crippen molar-refractivity contribution < 1.29 is 18.0 Å². The monoisotopic (exact) mass is 277 g/mol. The molecule has 98 valence electrons. The summed E-state index contributed by atoms with van der Waals surface area (Å²) in [5.41, 5.74) is 0.426. The van der Waals surface area contributed by atoms with Crippen LogP contribution in [0.25, 0.3) is 0 Å². The summed E-state index contributed by atoms with van der Waals surface area (Å²) in [6, 6.07) is 2.03. The molecule has 1 heterocycles. The second-order valence-corrected chi connectivity index (χ2v) is 4.69. The second kappa shape index (κ2) is 4.46. The number of rotatable bonds is 0. The lowest BCUT2D eigenvalue weighted by Gasteiger charge is -2.29. The Balaban J connectivity index is 2.43. The third-order valence-electron chi connectivity index (χ3n) is 3.05. The Kier molecular flexibility index (Phi) is 3.27. The first-order valence-corrected chi connectivity index (χ1v) is 5.81. The van der Waals surface area contributed by atoms with Crippen molar-refractivity contribution in [1.29, 1.82) is 0 Å². The number of hydrogen-bond donors (Lipinski definition) is 0. The molecule has 0 saturated heterocycles. The van der Waals surface area contributed by atoms with Crippen LogP contribution in [0, 0.1) is 0 Å². The predicted octanol–water partition coefficient (Wildman–Crippen LogP) is 3.26. The molecule has 0 fully saturated rings. The van der Waals surface area contributed by atoms with Gasteiger partial charge in [0.15, 0.2) is 0 Å². The minimum atomic E-state index is -4.42. The van der Waals surface area contributed by atoms with Crippen LogP contribution in [0.2, 0.25) is 5.02 Å². The number of benzene rings is 1. The standard InChI is InChI=1S/C12H11ClF3NO/c1-7(18)17-3-2-10-8(6-17)4-9(5-11(10)13)12(14,15)16/h4-5H,2-3,6H2,1H3. The van der Waals surface area contributed by atoms with Gasteiger partial charge in [-0.25, -0.2) is 0 Å². The number of hydrogen-bond acceptors (Lipinski definition) is 1. The number of amides is 1. The van der Waals surface area contributed by atoms with Crippen molar-refractivity contribution in [2.45, 2.75) is 26.1 Å². The largest absolute Gasteiger partial charge is 0.416 e. The Morgan fingerprint density at radius 2 is 2.06 bits per heavy atom. The summed E-state index contributed by atoms with van der Waals surface area (Å²) in [6.45, 7) is 2.09. The lowest BCUT2D eigenvalue weighted by molar-refractivity contribution is -0.137. The molecular weight excluding hydrogens is 267 g/mol. The fourth-order valence-corrected chi connectivity index (χ4v) is 2.41. The number of fused-ring (bicyclic) bond motifs is 1. The smallest absolute Gasteiger partial charge is 0.338 e. The molecule has 0 N–H and O–H groups in total. The van der Waals surface area contributed by atoms with Gasteiger partial charge in [-0.2, -0.15) is 13.2 Å². The van der Waals surface area contributed by atoms with Gasteiger partial charge >= 0.3 is 6.18 Å². The van der Waals surface area contributed by atoms with Crippen LogP contribution >= 0.6 is 11.6 Å². The third-order valence-corrected chi connectivity index (χ3v) is 3.39. The zero-order chi connectivity index (χ0) is 13.5. The Labute approximate surface area is 107 Å².